The van der Waals surface area contributed by atoms with Crippen molar-refractivity contribution < 1.29 is 43.7 Å². The molecule has 0 spiro atoms. The summed E-state index contributed by atoms with van der Waals surface area (Å²) < 4.78 is 11.6. The van der Waals surface area contributed by atoms with E-state index in [2.05, 4.69) is 0 Å². The maximum atomic E-state index is 14.8. The Morgan fingerprint density at radius 1 is 1.05 bits per heavy atom. The minimum absolute atomic E-state index is 0.107. The number of carbonyl (C=O) groups excluding carboxylic acids is 4. The molecule has 9 heteroatoms. The highest BCUT2D eigenvalue weighted by atomic mass is 16.5. The average Bonchev–Trinajstić information content (AvgIpc) is 3.13. The zero-order valence-corrected chi connectivity index (χ0v) is 26.1. The third-order valence-electron chi connectivity index (χ3n) is 11.3. The number of rotatable bonds is 7. The Bertz CT molecular complexity index is 1250. The van der Waals surface area contributed by atoms with Crippen molar-refractivity contribution in [1.29, 1.82) is 0 Å². The Hall–Kier alpha value is -2.81. The predicted octanol–water partition coefficient (Wildman–Crippen LogP) is 4.59. The zero-order valence-electron chi connectivity index (χ0n) is 26.1. The number of aliphatic carboxylic acids is 1. The number of fused-ring (bicyclic) bond motifs is 5. The topological polar surface area (TPSA) is 144 Å². The smallest absolute Gasteiger partial charge is 0.331 e. The van der Waals surface area contributed by atoms with Crippen LogP contribution >= 0.6 is 0 Å². The van der Waals surface area contributed by atoms with Crippen LogP contribution in [0.3, 0.4) is 0 Å². The van der Waals surface area contributed by atoms with Crippen molar-refractivity contribution in [2.45, 2.75) is 112 Å². The Morgan fingerprint density at radius 3 is 2.21 bits per heavy atom. The number of ether oxygens (including phenoxy) is 2. The van der Waals surface area contributed by atoms with Crippen LogP contribution in [0.15, 0.2) is 23.3 Å². The van der Waals surface area contributed by atoms with E-state index in [1.807, 2.05) is 26.8 Å². The largest absolute Gasteiger partial charge is 0.478 e. The summed E-state index contributed by atoms with van der Waals surface area (Å²) in [6.45, 7) is 13.6. The number of esters is 2. The maximum absolute atomic E-state index is 14.8. The molecule has 0 aromatic heterocycles. The fraction of sp³-hybridized carbons (Fsp3) is 0.727. The minimum atomic E-state index is -1.14. The van der Waals surface area contributed by atoms with Crippen LogP contribution in [-0.2, 0) is 33.4 Å². The molecular weight excluding hydrogens is 540 g/mol. The van der Waals surface area contributed by atoms with Gasteiger partial charge in [-0.25, -0.2) is 4.79 Å². The highest BCUT2D eigenvalue weighted by Crippen LogP contribution is 2.73. The average molecular weight is 587 g/mol. The van der Waals surface area contributed by atoms with Crippen LogP contribution < -0.4 is 0 Å². The van der Waals surface area contributed by atoms with E-state index in [9.17, 15) is 34.2 Å². The van der Waals surface area contributed by atoms with E-state index >= 15 is 0 Å². The first-order valence-electron chi connectivity index (χ1n) is 15.1. The molecular formula is C33H46O9. The summed E-state index contributed by atoms with van der Waals surface area (Å²) >= 11 is 0. The zero-order chi connectivity index (χ0) is 31.6. The number of allylic oxidation sites excluding steroid dienone is 2. The van der Waals surface area contributed by atoms with Gasteiger partial charge in [0.25, 0.3) is 0 Å². The molecule has 0 aromatic rings. The van der Waals surface area contributed by atoms with Gasteiger partial charge < -0.3 is 19.7 Å². The van der Waals surface area contributed by atoms with Crippen LogP contribution in [0, 0.1) is 39.9 Å². The number of aliphatic hydroxyl groups is 1. The summed E-state index contributed by atoms with van der Waals surface area (Å²) in [7, 11) is 0. The molecule has 2 N–H and O–H groups in total. The van der Waals surface area contributed by atoms with Crippen molar-refractivity contribution in [1.82, 2.24) is 0 Å². The van der Waals surface area contributed by atoms with Crippen molar-refractivity contribution in [3.05, 3.63) is 23.3 Å². The fourth-order valence-corrected chi connectivity index (χ4v) is 9.38. The second-order valence-corrected chi connectivity index (χ2v) is 14.3. The number of carboxylic acid groups (broad SMARTS) is 1. The molecule has 42 heavy (non-hydrogen) atoms. The molecule has 0 heterocycles. The molecule has 9 nitrogen and oxygen atoms in total. The monoisotopic (exact) mass is 586 g/mol. The first-order valence-corrected chi connectivity index (χ1v) is 15.1. The number of ketones is 2. The molecule has 0 bridgehead atoms. The number of carbonyl (C=O) groups is 5. The number of Topliss-reactive ketones (excluding diaryl/α,β-unsaturated/α-hetero) is 1. The van der Waals surface area contributed by atoms with Gasteiger partial charge in [-0.1, -0.05) is 33.8 Å². The molecule has 232 valence electrons. The second kappa shape index (κ2) is 10.7. The van der Waals surface area contributed by atoms with Crippen LogP contribution in [0.25, 0.3) is 0 Å². The highest BCUT2D eigenvalue weighted by molar-refractivity contribution is 5.98. The standard InChI is InChI=1S/C33H46O9/c1-17-22(36)13-15-31(6)24-12-11-21-25(20(29(38)39)10-9-14-30(4,5)40)23(41-18(2)34)16-32(21,7)33(24,8)28(37)27(26(17)31)42-19(3)35/h13,15,17,21,23-24,26-27,40H,9-12,14,16H2,1-8H3,(H,38,39)/t17?,21-,23-,24+,26?,27-,31+,32-,33-/m0/s1. The lowest BCUT2D eigenvalue weighted by Gasteiger charge is -2.66. The molecule has 3 fully saturated rings. The number of hydrogen-bond acceptors (Lipinski definition) is 8. The SMILES string of the molecule is CC(=O)O[C@H]1C[C@@]2(C)[C@@H](CC[C@@H]3[C@@]4(C)C=CC(=O)C(C)C4[C@H](OC(C)=O)C(=O)[C@]32C)C1=C(CCCC(C)(C)O)C(=O)O. The lowest BCUT2D eigenvalue weighted by atomic mass is 9.37. The summed E-state index contributed by atoms with van der Waals surface area (Å²) in [5.74, 6) is -4.24. The van der Waals surface area contributed by atoms with Gasteiger partial charge >= 0.3 is 17.9 Å². The van der Waals surface area contributed by atoms with Gasteiger partial charge in [-0.2, -0.15) is 0 Å². The van der Waals surface area contributed by atoms with Gasteiger partial charge in [0, 0.05) is 36.7 Å². The molecule has 9 atom stereocenters. The summed E-state index contributed by atoms with van der Waals surface area (Å²) in [5, 5.41) is 20.6. The summed E-state index contributed by atoms with van der Waals surface area (Å²) in [6, 6.07) is 0. The lowest BCUT2D eigenvalue weighted by Crippen LogP contribution is -2.69. The molecule has 0 aromatic carbocycles. The van der Waals surface area contributed by atoms with Crippen LogP contribution in [0.5, 0.6) is 0 Å². The Morgan fingerprint density at radius 2 is 1.67 bits per heavy atom. The highest BCUT2D eigenvalue weighted by Gasteiger charge is 2.74. The van der Waals surface area contributed by atoms with Crippen molar-refractivity contribution in [3.8, 4) is 0 Å². The Kier molecular flexibility index (Phi) is 8.20. The molecule has 4 aliphatic carbocycles. The van der Waals surface area contributed by atoms with E-state index in [0.29, 0.717) is 31.3 Å². The third-order valence-corrected chi connectivity index (χ3v) is 11.3. The normalized spacial score (nSPS) is 40.5. The Balaban J connectivity index is 1.90. The molecule has 0 aliphatic heterocycles. The lowest BCUT2D eigenvalue weighted by molar-refractivity contribution is -0.207. The van der Waals surface area contributed by atoms with E-state index in [4.69, 9.17) is 9.47 Å². The summed E-state index contributed by atoms with van der Waals surface area (Å²) in [4.78, 5) is 65.0. The van der Waals surface area contributed by atoms with Crippen LogP contribution in [0.2, 0.25) is 0 Å². The second-order valence-electron chi connectivity index (χ2n) is 14.3. The Labute approximate surface area is 248 Å². The van der Waals surface area contributed by atoms with E-state index in [0.717, 1.165) is 0 Å². The maximum Gasteiger partial charge on any atom is 0.331 e. The van der Waals surface area contributed by atoms with E-state index in [1.54, 1.807) is 26.8 Å². The third kappa shape index (κ3) is 4.95. The van der Waals surface area contributed by atoms with Crippen LogP contribution in [0.4, 0.5) is 0 Å². The number of hydrogen-bond donors (Lipinski definition) is 2. The molecule has 2 unspecified atom stereocenters. The van der Waals surface area contributed by atoms with E-state index < -0.39 is 63.8 Å². The van der Waals surface area contributed by atoms with Gasteiger partial charge in [0.2, 0.25) is 0 Å². The van der Waals surface area contributed by atoms with Crippen molar-refractivity contribution in [2.75, 3.05) is 0 Å². The number of carboxylic acids is 1. The van der Waals surface area contributed by atoms with Crippen molar-refractivity contribution >= 4 is 29.5 Å². The molecule has 0 saturated heterocycles. The molecule has 0 amide bonds. The van der Waals surface area contributed by atoms with Gasteiger partial charge in [0.05, 0.1) is 5.60 Å². The van der Waals surface area contributed by atoms with Gasteiger partial charge in [0.15, 0.2) is 17.7 Å². The molecule has 0 radical (unpaired) electrons. The quantitative estimate of drug-likeness (QED) is 0.323. The first-order chi connectivity index (χ1) is 19.3. The van der Waals surface area contributed by atoms with Gasteiger partial charge in [0.1, 0.15) is 6.10 Å². The predicted molar refractivity (Wildman–Crippen MR) is 153 cm³/mol. The van der Waals surface area contributed by atoms with Crippen LogP contribution in [-0.4, -0.2) is 57.5 Å². The van der Waals surface area contributed by atoms with Crippen molar-refractivity contribution in [3.63, 3.8) is 0 Å². The fourth-order valence-electron chi connectivity index (χ4n) is 9.38. The molecule has 3 saturated carbocycles. The first kappa shape index (κ1) is 32.1. The molecule has 4 aliphatic rings. The van der Waals surface area contributed by atoms with Gasteiger partial charge in [-0.05, 0) is 86.7 Å². The molecule has 4 rings (SSSR count). The van der Waals surface area contributed by atoms with E-state index in [1.165, 1.54) is 13.8 Å². The summed E-state index contributed by atoms with van der Waals surface area (Å²) in [6.07, 6.45) is 3.93. The van der Waals surface area contributed by atoms with Gasteiger partial charge in [-0.3, -0.25) is 19.2 Å². The van der Waals surface area contributed by atoms with Crippen molar-refractivity contribution in [2.24, 2.45) is 39.9 Å². The van der Waals surface area contributed by atoms with Crippen LogP contribution in [0.1, 0.15) is 93.9 Å². The van der Waals surface area contributed by atoms with E-state index in [-0.39, 0.29) is 41.8 Å². The summed E-state index contributed by atoms with van der Waals surface area (Å²) in [5.41, 5.74) is -2.80. The van der Waals surface area contributed by atoms with Gasteiger partial charge in [-0.15, -0.1) is 0 Å². The minimum Gasteiger partial charge on any atom is -0.478 e.